The smallest absolute Gasteiger partial charge is 0.253 e. The summed E-state index contributed by atoms with van der Waals surface area (Å²) in [6.45, 7) is 3.62. The van der Waals surface area contributed by atoms with Gasteiger partial charge in [0.05, 0.1) is 17.7 Å². The Balaban J connectivity index is 1.16. The van der Waals surface area contributed by atoms with E-state index in [4.69, 9.17) is 4.52 Å². The molecular formula is C22H25N5O2. The topological polar surface area (TPSA) is 77.0 Å². The van der Waals surface area contributed by atoms with Gasteiger partial charge in [-0.25, -0.2) is 4.98 Å². The number of aromatic nitrogens is 4. The highest BCUT2D eigenvalue weighted by Crippen LogP contribution is 2.40. The van der Waals surface area contributed by atoms with E-state index >= 15 is 0 Å². The zero-order valence-corrected chi connectivity index (χ0v) is 16.4. The summed E-state index contributed by atoms with van der Waals surface area (Å²) in [5.74, 6) is 2.16. The van der Waals surface area contributed by atoms with Crippen LogP contribution in [0.2, 0.25) is 0 Å². The summed E-state index contributed by atoms with van der Waals surface area (Å²) in [6, 6.07) is 7.49. The molecule has 1 saturated heterocycles. The molecule has 29 heavy (non-hydrogen) atoms. The molecule has 7 nitrogen and oxygen atoms in total. The minimum atomic E-state index is -0.00325. The van der Waals surface area contributed by atoms with Crippen LogP contribution in [-0.2, 0) is 13.1 Å². The van der Waals surface area contributed by atoms with E-state index in [0.717, 1.165) is 56.0 Å². The van der Waals surface area contributed by atoms with Crippen LogP contribution >= 0.6 is 0 Å². The lowest BCUT2D eigenvalue weighted by atomic mass is 9.96. The van der Waals surface area contributed by atoms with Crippen molar-refractivity contribution in [3.05, 3.63) is 64.8 Å². The molecule has 1 aliphatic heterocycles. The molecule has 1 aliphatic carbocycles. The second-order valence-corrected chi connectivity index (χ2v) is 8.22. The maximum Gasteiger partial charge on any atom is 0.253 e. The second-order valence-electron chi connectivity index (χ2n) is 8.22. The third kappa shape index (κ3) is 4.29. The number of rotatable bonds is 6. The maximum absolute atomic E-state index is 12.5. The number of hydrogen-bond donors (Lipinski definition) is 0. The van der Waals surface area contributed by atoms with Crippen LogP contribution in [0.4, 0.5) is 0 Å². The van der Waals surface area contributed by atoms with Crippen LogP contribution in [0.1, 0.15) is 43.1 Å². The maximum atomic E-state index is 12.5. The molecule has 0 spiro atoms. The van der Waals surface area contributed by atoms with E-state index in [1.807, 2.05) is 12.1 Å². The first kappa shape index (κ1) is 18.2. The van der Waals surface area contributed by atoms with E-state index < -0.39 is 0 Å². The Morgan fingerprint density at radius 2 is 2.00 bits per heavy atom. The molecule has 2 aliphatic rings. The molecule has 0 radical (unpaired) electrons. The van der Waals surface area contributed by atoms with Crippen LogP contribution in [-0.4, -0.2) is 37.7 Å². The van der Waals surface area contributed by atoms with E-state index in [2.05, 4.69) is 26.1 Å². The third-order valence-electron chi connectivity index (χ3n) is 5.94. The van der Waals surface area contributed by atoms with Crippen LogP contribution in [0.15, 0.2) is 52.3 Å². The molecular weight excluding hydrogens is 366 g/mol. The van der Waals surface area contributed by atoms with Gasteiger partial charge >= 0.3 is 0 Å². The normalized spacial score (nSPS) is 18.2. The zero-order chi connectivity index (χ0) is 19.6. The first-order valence-electron chi connectivity index (χ1n) is 10.4. The van der Waals surface area contributed by atoms with Gasteiger partial charge in [-0.1, -0.05) is 5.16 Å². The van der Waals surface area contributed by atoms with Crippen LogP contribution in [0.3, 0.4) is 0 Å². The summed E-state index contributed by atoms with van der Waals surface area (Å²) in [4.78, 5) is 23.5. The van der Waals surface area contributed by atoms with Gasteiger partial charge in [0, 0.05) is 49.1 Å². The Hall–Kier alpha value is -2.80. The van der Waals surface area contributed by atoms with Crippen LogP contribution in [0.25, 0.3) is 11.3 Å². The predicted molar refractivity (Wildman–Crippen MR) is 108 cm³/mol. The minimum Gasteiger partial charge on any atom is -0.361 e. The van der Waals surface area contributed by atoms with Crippen molar-refractivity contribution in [2.24, 2.45) is 5.92 Å². The number of nitrogens with zero attached hydrogens (tertiary/aromatic N) is 5. The van der Waals surface area contributed by atoms with Crippen molar-refractivity contribution in [1.29, 1.82) is 0 Å². The number of likely N-dealkylation sites (tertiary alicyclic amines) is 1. The number of pyridine rings is 1. The molecule has 150 valence electrons. The largest absolute Gasteiger partial charge is 0.361 e. The van der Waals surface area contributed by atoms with E-state index in [9.17, 15) is 4.79 Å². The van der Waals surface area contributed by atoms with Crippen molar-refractivity contribution in [3.63, 3.8) is 0 Å². The van der Waals surface area contributed by atoms with E-state index in [-0.39, 0.29) is 5.56 Å². The van der Waals surface area contributed by atoms with Gasteiger partial charge in [0.1, 0.15) is 5.76 Å². The zero-order valence-electron chi connectivity index (χ0n) is 16.4. The van der Waals surface area contributed by atoms with Crippen LogP contribution in [0, 0.1) is 5.92 Å². The summed E-state index contributed by atoms with van der Waals surface area (Å²) in [5.41, 5.74) is 2.57. The molecule has 0 aromatic carbocycles. The monoisotopic (exact) mass is 391 g/mol. The Bertz CT molecular complexity index is 1020. The lowest BCUT2D eigenvalue weighted by Crippen LogP contribution is -2.36. The average molecular weight is 391 g/mol. The summed E-state index contributed by atoms with van der Waals surface area (Å²) < 4.78 is 7.20. The van der Waals surface area contributed by atoms with Gasteiger partial charge in [0.25, 0.3) is 5.56 Å². The number of hydrogen-bond acceptors (Lipinski definition) is 6. The fourth-order valence-electron chi connectivity index (χ4n) is 4.03. The molecule has 1 saturated carbocycles. The lowest BCUT2D eigenvalue weighted by molar-refractivity contribution is 0.163. The summed E-state index contributed by atoms with van der Waals surface area (Å²) in [7, 11) is 0. The minimum absolute atomic E-state index is 0.00325. The SMILES string of the molecule is O=c1cc(-c2cccnc2)ncn1CC1CCN(Cc2cc(C3CC3)on2)CC1. The third-order valence-corrected chi connectivity index (χ3v) is 5.94. The summed E-state index contributed by atoms with van der Waals surface area (Å²) in [5, 5.41) is 4.23. The molecule has 3 aromatic heterocycles. The molecule has 4 heterocycles. The lowest BCUT2D eigenvalue weighted by Gasteiger charge is -2.31. The van der Waals surface area contributed by atoms with Crippen molar-refractivity contribution >= 4 is 0 Å². The Kier molecular flexibility index (Phi) is 4.97. The molecule has 3 aromatic rings. The molecule has 0 atom stereocenters. The summed E-state index contributed by atoms with van der Waals surface area (Å²) >= 11 is 0. The van der Waals surface area contributed by atoms with Crippen molar-refractivity contribution in [2.45, 2.75) is 44.7 Å². The Morgan fingerprint density at radius 1 is 1.14 bits per heavy atom. The van der Waals surface area contributed by atoms with Gasteiger partial charge in [-0.2, -0.15) is 0 Å². The van der Waals surface area contributed by atoms with Gasteiger partial charge in [0.2, 0.25) is 0 Å². The highest BCUT2D eigenvalue weighted by Gasteiger charge is 2.28. The second kappa shape index (κ2) is 7.91. The van der Waals surface area contributed by atoms with Crippen molar-refractivity contribution in [2.75, 3.05) is 13.1 Å². The van der Waals surface area contributed by atoms with Crippen molar-refractivity contribution < 1.29 is 4.52 Å². The fourth-order valence-corrected chi connectivity index (χ4v) is 4.03. The molecule has 0 amide bonds. The van der Waals surface area contributed by atoms with Gasteiger partial charge < -0.3 is 4.52 Å². The highest BCUT2D eigenvalue weighted by molar-refractivity contribution is 5.56. The van der Waals surface area contributed by atoms with Gasteiger partial charge in [-0.15, -0.1) is 0 Å². The van der Waals surface area contributed by atoms with Crippen LogP contribution in [0.5, 0.6) is 0 Å². The standard InChI is InChI=1S/C22H25N5O2/c28-22-11-20(18-2-1-7-23-12-18)24-15-27(22)13-16-5-8-26(9-6-16)14-19-10-21(29-25-19)17-3-4-17/h1-2,7,10-12,15-17H,3-6,8-9,13-14H2. The Morgan fingerprint density at radius 3 is 2.72 bits per heavy atom. The first-order valence-corrected chi connectivity index (χ1v) is 10.4. The molecule has 0 N–H and O–H groups in total. The first-order chi connectivity index (χ1) is 14.2. The molecule has 0 bridgehead atoms. The highest BCUT2D eigenvalue weighted by atomic mass is 16.5. The van der Waals surface area contributed by atoms with E-state index in [0.29, 0.717) is 17.5 Å². The van der Waals surface area contributed by atoms with E-state index in [1.165, 1.54) is 12.8 Å². The molecule has 0 unspecified atom stereocenters. The average Bonchev–Trinajstić information content (AvgIpc) is 3.51. The fraction of sp³-hybridized carbons (Fsp3) is 0.455. The quantitative estimate of drug-likeness (QED) is 0.643. The predicted octanol–water partition coefficient (Wildman–Crippen LogP) is 3.08. The van der Waals surface area contributed by atoms with Crippen LogP contribution < -0.4 is 5.56 Å². The summed E-state index contributed by atoms with van der Waals surface area (Å²) in [6.07, 6.45) is 9.73. The van der Waals surface area contributed by atoms with Gasteiger partial charge in [0.15, 0.2) is 0 Å². The van der Waals surface area contributed by atoms with E-state index in [1.54, 1.807) is 29.4 Å². The van der Waals surface area contributed by atoms with Gasteiger partial charge in [-0.3, -0.25) is 19.2 Å². The van der Waals surface area contributed by atoms with Gasteiger partial charge in [-0.05, 0) is 56.8 Å². The van der Waals surface area contributed by atoms with Crippen molar-refractivity contribution in [3.8, 4) is 11.3 Å². The molecule has 7 heteroatoms. The number of piperidine rings is 1. The van der Waals surface area contributed by atoms with Crippen molar-refractivity contribution in [1.82, 2.24) is 24.6 Å². The molecule has 2 fully saturated rings. The Labute approximate surface area is 169 Å². The molecule has 5 rings (SSSR count).